The SMILES string of the molecule is C.CC[C@H]1CO1.Oc1cccc2[nH]ncc12.c1cc(OC[C@H]2CO2)c2cn[nH]c2c1. The molecule has 0 saturated carbocycles. The third kappa shape index (κ3) is 5.71. The average Bonchev–Trinajstić information content (AvgIpc) is 3.66. The Balaban J connectivity index is 0.000000140. The topological polar surface area (TPSA) is 112 Å². The van der Waals surface area contributed by atoms with Crippen molar-refractivity contribution in [2.75, 3.05) is 19.8 Å². The summed E-state index contributed by atoms with van der Waals surface area (Å²) in [5, 5.41) is 24.4. The zero-order valence-corrected chi connectivity index (χ0v) is 16.2. The Morgan fingerprint density at radius 3 is 2.13 bits per heavy atom. The van der Waals surface area contributed by atoms with Crippen molar-refractivity contribution >= 4 is 21.8 Å². The third-order valence-electron chi connectivity index (χ3n) is 4.59. The zero-order valence-electron chi connectivity index (χ0n) is 16.2. The predicted octanol–water partition coefficient (Wildman–Crippen LogP) is 4.04. The van der Waals surface area contributed by atoms with E-state index in [2.05, 4.69) is 27.3 Å². The van der Waals surface area contributed by atoms with Crippen molar-refractivity contribution in [2.45, 2.75) is 33.0 Å². The fourth-order valence-electron chi connectivity index (χ4n) is 2.67. The molecule has 2 atom stereocenters. The van der Waals surface area contributed by atoms with Crippen LogP contribution in [-0.4, -0.2) is 57.5 Å². The van der Waals surface area contributed by atoms with E-state index < -0.39 is 0 Å². The van der Waals surface area contributed by atoms with E-state index in [0.717, 1.165) is 40.8 Å². The summed E-state index contributed by atoms with van der Waals surface area (Å²) in [5.74, 6) is 1.14. The molecule has 4 aromatic rings. The molecule has 6 rings (SSSR count). The lowest BCUT2D eigenvalue weighted by Gasteiger charge is -2.04. The molecule has 0 spiro atoms. The molecule has 8 heteroatoms. The third-order valence-corrected chi connectivity index (χ3v) is 4.59. The highest BCUT2D eigenvalue weighted by Crippen LogP contribution is 2.24. The lowest BCUT2D eigenvalue weighted by molar-refractivity contribution is 0.265. The van der Waals surface area contributed by atoms with Gasteiger partial charge in [0.25, 0.3) is 0 Å². The predicted molar refractivity (Wildman–Crippen MR) is 116 cm³/mol. The largest absolute Gasteiger partial charge is 0.507 e. The van der Waals surface area contributed by atoms with Crippen LogP contribution in [0.3, 0.4) is 0 Å². The summed E-state index contributed by atoms with van der Waals surface area (Å²) in [6.45, 7) is 4.60. The molecule has 8 nitrogen and oxygen atoms in total. The first-order chi connectivity index (χ1) is 14.2. The second-order valence-electron chi connectivity index (χ2n) is 6.83. The summed E-state index contributed by atoms with van der Waals surface area (Å²) in [6.07, 6.45) is 5.50. The molecule has 0 unspecified atom stereocenters. The molecule has 2 saturated heterocycles. The molecule has 0 aliphatic carbocycles. The molecule has 2 aliphatic rings. The van der Waals surface area contributed by atoms with Gasteiger partial charge in [-0.3, -0.25) is 10.2 Å². The summed E-state index contributed by atoms with van der Waals surface area (Å²) in [4.78, 5) is 0. The lowest BCUT2D eigenvalue weighted by atomic mass is 10.2. The van der Waals surface area contributed by atoms with Gasteiger partial charge in [-0.15, -0.1) is 0 Å². The van der Waals surface area contributed by atoms with Gasteiger partial charge in [-0.2, -0.15) is 10.2 Å². The minimum Gasteiger partial charge on any atom is -0.507 e. The number of H-pyrrole nitrogens is 2. The zero-order chi connectivity index (χ0) is 20.1. The fourth-order valence-corrected chi connectivity index (χ4v) is 2.67. The number of nitrogens with one attached hydrogen (secondary N) is 2. The van der Waals surface area contributed by atoms with E-state index in [0.29, 0.717) is 12.7 Å². The molecule has 2 fully saturated rings. The number of rotatable bonds is 4. The molecular weight excluding hydrogens is 384 g/mol. The number of nitrogens with zero attached hydrogens (tertiary/aromatic N) is 2. The van der Waals surface area contributed by atoms with E-state index in [-0.39, 0.29) is 19.3 Å². The number of ether oxygens (including phenoxy) is 3. The normalized spacial score (nSPS) is 18.4. The number of phenols is 1. The van der Waals surface area contributed by atoms with Crippen LogP contribution in [0, 0.1) is 0 Å². The molecule has 2 aromatic heterocycles. The second-order valence-corrected chi connectivity index (χ2v) is 6.83. The lowest BCUT2D eigenvalue weighted by Crippen LogP contribution is -2.03. The van der Waals surface area contributed by atoms with Gasteiger partial charge in [-0.05, 0) is 30.7 Å². The highest BCUT2D eigenvalue weighted by molar-refractivity contribution is 5.84. The summed E-state index contributed by atoms with van der Waals surface area (Å²) >= 11 is 0. The molecule has 4 heterocycles. The molecule has 3 N–H and O–H groups in total. The smallest absolute Gasteiger partial charge is 0.130 e. The first-order valence-corrected chi connectivity index (χ1v) is 9.63. The summed E-state index contributed by atoms with van der Waals surface area (Å²) in [5.41, 5.74) is 1.86. The van der Waals surface area contributed by atoms with Crippen LogP contribution < -0.4 is 4.74 Å². The number of aromatic nitrogens is 4. The standard InChI is InChI=1S/C10H10N2O2.C7H6N2O.C4H8O.CH4/c1-2-9-8(4-11-12-9)10(3-1)14-6-7-5-13-7;10-7-3-1-2-6-5(7)4-8-9-6;1-2-4-3-5-4;/h1-4,7H,5-6H2,(H,11,12);1-4,10H,(H,8,9);4H,2-3H2,1H3;1H4/t7-;;4-;/m1.0./s1. The van der Waals surface area contributed by atoms with Gasteiger partial charge in [0.2, 0.25) is 0 Å². The van der Waals surface area contributed by atoms with Crippen LogP contribution in [0.5, 0.6) is 11.5 Å². The molecule has 30 heavy (non-hydrogen) atoms. The van der Waals surface area contributed by atoms with E-state index >= 15 is 0 Å². The Kier molecular flexibility index (Phi) is 7.26. The summed E-state index contributed by atoms with van der Waals surface area (Å²) < 4.78 is 15.5. The van der Waals surface area contributed by atoms with Crippen LogP contribution in [-0.2, 0) is 9.47 Å². The first kappa shape index (κ1) is 21.6. The molecule has 0 bridgehead atoms. The highest BCUT2D eigenvalue weighted by atomic mass is 16.6. The van der Waals surface area contributed by atoms with Gasteiger partial charge >= 0.3 is 0 Å². The Labute approximate surface area is 175 Å². The van der Waals surface area contributed by atoms with Crippen molar-refractivity contribution in [3.63, 3.8) is 0 Å². The van der Waals surface area contributed by atoms with Gasteiger partial charge in [0.1, 0.15) is 24.2 Å². The van der Waals surface area contributed by atoms with Crippen molar-refractivity contribution in [3.05, 3.63) is 48.8 Å². The molecule has 0 amide bonds. The van der Waals surface area contributed by atoms with E-state index in [1.165, 1.54) is 6.42 Å². The number of fused-ring (bicyclic) bond motifs is 2. The number of phenolic OH excluding ortho intramolecular Hbond substituents is 1. The second kappa shape index (κ2) is 10.1. The van der Waals surface area contributed by atoms with Crippen LogP contribution in [0.2, 0.25) is 0 Å². The number of hydrogen-bond donors (Lipinski definition) is 3. The summed E-state index contributed by atoms with van der Waals surface area (Å²) in [7, 11) is 0. The monoisotopic (exact) mass is 412 g/mol. The Morgan fingerprint density at radius 2 is 1.57 bits per heavy atom. The maximum atomic E-state index is 9.20. The first-order valence-electron chi connectivity index (χ1n) is 9.63. The van der Waals surface area contributed by atoms with Gasteiger partial charge in [0.05, 0.1) is 53.5 Å². The van der Waals surface area contributed by atoms with E-state index in [9.17, 15) is 5.11 Å². The van der Waals surface area contributed by atoms with Crippen molar-refractivity contribution in [1.82, 2.24) is 20.4 Å². The van der Waals surface area contributed by atoms with Gasteiger partial charge in [0, 0.05) is 0 Å². The number of aromatic amines is 2. The summed E-state index contributed by atoms with van der Waals surface area (Å²) in [6, 6.07) is 11.1. The van der Waals surface area contributed by atoms with Crippen molar-refractivity contribution in [2.24, 2.45) is 0 Å². The molecule has 0 radical (unpaired) electrons. The van der Waals surface area contributed by atoms with E-state index in [1.807, 2.05) is 24.3 Å². The highest BCUT2D eigenvalue weighted by Gasteiger charge is 2.23. The minimum atomic E-state index is 0. The molecule has 160 valence electrons. The van der Waals surface area contributed by atoms with Gasteiger partial charge in [-0.1, -0.05) is 26.5 Å². The van der Waals surface area contributed by atoms with Crippen LogP contribution >= 0.6 is 0 Å². The van der Waals surface area contributed by atoms with Crippen molar-refractivity contribution in [1.29, 1.82) is 0 Å². The van der Waals surface area contributed by atoms with Crippen LogP contribution in [0.4, 0.5) is 0 Å². The van der Waals surface area contributed by atoms with E-state index in [1.54, 1.807) is 24.5 Å². The number of hydrogen-bond acceptors (Lipinski definition) is 6. The molecular formula is C22H28N4O4. The van der Waals surface area contributed by atoms with Crippen LogP contribution in [0.25, 0.3) is 21.8 Å². The maximum absolute atomic E-state index is 9.20. The van der Waals surface area contributed by atoms with Crippen molar-refractivity contribution in [3.8, 4) is 11.5 Å². The fraction of sp³-hybridized carbons (Fsp3) is 0.364. The number of benzene rings is 2. The minimum absolute atomic E-state index is 0. The quantitative estimate of drug-likeness (QED) is 0.436. The Morgan fingerprint density at radius 1 is 0.967 bits per heavy atom. The van der Waals surface area contributed by atoms with Crippen molar-refractivity contribution < 1.29 is 19.3 Å². The average molecular weight is 412 g/mol. The van der Waals surface area contributed by atoms with Crippen LogP contribution in [0.15, 0.2) is 48.8 Å². The molecule has 2 aromatic carbocycles. The Hall–Kier alpha value is -3.10. The van der Waals surface area contributed by atoms with Gasteiger partial charge in [0.15, 0.2) is 0 Å². The van der Waals surface area contributed by atoms with E-state index in [4.69, 9.17) is 14.2 Å². The number of epoxide rings is 2. The number of aromatic hydroxyl groups is 1. The Bertz CT molecular complexity index is 1050. The molecule has 2 aliphatic heterocycles. The van der Waals surface area contributed by atoms with Crippen LogP contribution in [0.1, 0.15) is 20.8 Å². The maximum Gasteiger partial charge on any atom is 0.130 e. The van der Waals surface area contributed by atoms with Gasteiger partial charge < -0.3 is 19.3 Å². The van der Waals surface area contributed by atoms with Gasteiger partial charge in [-0.25, -0.2) is 0 Å².